The van der Waals surface area contributed by atoms with Gasteiger partial charge in [-0.25, -0.2) is 0 Å². The van der Waals surface area contributed by atoms with Gasteiger partial charge in [0.2, 0.25) is 0 Å². The Hall–Kier alpha value is -2.35. The van der Waals surface area contributed by atoms with Gasteiger partial charge in [-0.15, -0.1) is 0 Å². The lowest BCUT2D eigenvalue weighted by Crippen LogP contribution is -2.15. The van der Waals surface area contributed by atoms with Crippen LogP contribution in [-0.4, -0.2) is 4.57 Å². The van der Waals surface area contributed by atoms with Crippen molar-refractivity contribution in [2.45, 2.75) is 0 Å². The van der Waals surface area contributed by atoms with Gasteiger partial charge in [0.25, 0.3) is 5.56 Å². The fraction of sp³-hybridized carbons (Fsp3) is 0. The highest BCUT2D eigenvalue weighted by Gasteiger charge is 2.02. The third kappa shape index (κ3) is 1.64. The van der Waals surface area contributed by atoms with Crippen molar-refractivity contribution in [3.05, 3.63) is 77.2 Å². The van der Waals surface area contributed by atoms with E-state index in [0.717, 1.165) is 16.5 Å². The second-order valence-corrected chi connectivity index (χ2v) is 3.91. The zero-order chi connectivity index (χ0) is 11.7. The molecule has 0 saturated heterocycles. The second kappa shape index (κ2) is 3.91. The lowest BCUT2D eigenvalue weighted by atomic mass is 10.1. The maximum Gasteiger partial charge on any atom is 0.255 e. The van der Waals surface area contributed by atoms with E-state index in [0.29, 0.717) is 0 Å². The Morgan fingerprint density at radius 1 is 0.765 bits per heavy atom. The minimum atomic E-state index is -0.0103. The summed E-state index contributed by atoms with van der Waals surface area (Å²) in [7, 11) is 0. The Kier molecular flexibility index (Phi) is 2.26. The third-order valence-corrected chi connectivity index (χ3v) is 2.85. The molecule has 0 fully saturated rings. The first-order valence-electron chi connectivity index (χ1n) is 5.52. The van der Waals surface area contributed by atoms with Crippen LogP contribution in [0.2, 0.25) is 0 Å². The van der Waals surface area contributed by atoms with Crippen LogP contribution in [0.4, 0.5) is 0 Å². The van der Waals surface area contributed by atoms with Crippen molar-refractivity contribution in [1.29, 1.82) is 0 Å². The van der Waals surface area contributed by atoms with Gasteiger partial charge in [0, 0.05) is 17.6 Å². The predicted octanol–water partition coefficient (Wildman–Crippen LogP) is 2.99. The number of nitrogens with zero attached hydrogens (tertiary/aromatic N) is 1. The molecule has 0 aliphatic carbocycles. The standard InChI is InChI=1S/C15H11NO/c17-15-10-3-4-11-16(15)14-9-5-7-12-6-1-2-8-13(12)14/h1-11H. The van der Waals surface area contributed by atoms with Crippen LogP contribution in [0.25, 0.3) is 16.5 Å². The van der Waals surface area contributed by atoms with Crippen molar-refractivity contribution >= 4 is 10.8 Å². The highest BCUT2D eigenvalue weighted by atomic mass is 16.1. The van der Waals surface area contributed by atoms with Crippen molar-refractivity contribution in [3.8, 4) is 5.69 Å². The van der Waals surface area contributed by atoms with E-state index in [1.807, 2.05) is 48.5 Å². The lowest BCUT2D eigenvalue weighted by Gasteiger charge is -2.08. The minimum absolute atomic E-state index is 0.0103. The Morgan fingerprint density at radius 2 is 1.53 bits per heavy atom. The molecule has 3 aromatic rings. The van der Waals surface area contributed by atoms with Gasteiger partial charge < -0.3 is 0 Å². The fourth-order valence-electron chi connectivity index (χ4n) is 2.04. The second-order valence-electron chi connectivity index (χ2n) is 3.91. The zero-order valence-electron chi connectivity index (χ0n) is 9.21. The zero-order valence-corrected chi connectivity index (χ0v) is 9.21. The van der Waals surface area contributed by atoms with E-state index >= 15 is 0 Å². The minimum Gasteiger partial charge on any atom is -0.284 e. The number of hydrogen-bond acceptors (Lipinski definition) is 1. The molecule has 0 atom stereocenters. The fourth-order valence-corrected chi connectivity index (χ4v) is 2.04. The highest BCUT2D eigenvalue weighted by Crippen LogP contribution is 2.20. The Bertz CT molecular complexity index is 723. The molecule has 82 valence electrons. The topological polar surface area (TPSA) is 22.0 Å². The molecule has 0 bridgehead atoms. The van der Waals surface area contributed by atoms with Crippen LogP contribution >= 0.6 is 0 Å². The Morgan fingerprint density at radius 3 is 2.41 bits per heavy atom. The van der Waals surface area contributed by atoms with Gasteiger partial charge in [-0.1, -0.05) is 42.5 Å². The molecule has 0 amide bonds. The van der Waals surface area contributed by atoms with Gasteiger partial charge in [0.05, 0.1) is 5.69 Å². The summed E-state index contributed by atoms with van der Waals surface area (Å²) in [5.41, 5.74) is 0.914. The first-order chi connectivity index (χ1) is 8.36. The molecule has 0 saturated carbocycles. The van der Waals surface area contributed by atoms with Crippen LogP contribution < -0.4 is 5.56 Å². The average molecular weight is 221 g/mol. The van der Waals surface area contributed by atoms with Gasteiger partial charge in [0.1, 0.15) is 0 Å². The molecule has 1 aromatic heterocycles. The number of benzene rings is 2. The summed E-state index contributed by atoms with van der Waals surface area (Å²) in [6, 6.07) is 19.2. The van der Waals surface area contributed by atoms with Gasteiger partial charge in [-0.05, 0) is 17.5 Å². The molecular weight excluding hydrogens is 210 g/mol. The molecule has 0 spiro atoms. The summed E-state index contributed by atoms with van der Waals surface area (Å²) in [6.45, 7) is 0. The number of pyridine rings is 1. The van der Waals surface area contributed by atoms with Crippen molar-refractivity contribution < 1.29 is 0 Å². The molecule has 0 aliphatic rings. The summed E-state index contributed by atoms with van der Waals surface area (Å²) in [6.07, 6.45) is 1.80. The smallest absolute Gasteiger partial charge is 0.255 e. The summed E-state index contributed by atoms with van der Waals surface area (Å²) < 4.78 is 1.67. The van der Waals surface area contributed by atoms with Gasteiger partial charge in [0.15, 0.2) is 0 Å². The van der Waals surface area contributed by atoms with Crippen LogP contribution in [0, 0.1) is 0 Å². The van der Waals surface area contributed by atoms with Crippen molar-refractivity contribution in [2.75, 3.05) is 0 Å². The van der Waals surface area contributed by atoms with E-state index in [2.05, 4.69) is 0 Å². The quantitative estimate of drug-likeness (QED) is 0.619. The maximum absolute atomic E-state index is 11.8. The van der Waals surface area contributed by atoms with E-state index in [1.54, 1.807) is 22.9 Å². The largest absolute Gasteiger partial charge is 0.284 e. The van der Waals surface area contributed by atoms with E-state index in [-0.39, 0.29) is 5.56 Å². The number of fused-ring (bicyclic) bond motifs is 1. The SMILES string of the molecule is O=c1ccccn1-c1cccc2ccccc12. The van der Waals surface area contributed by atoms with Crippen LogP contribution in [0.15, 0.2) is 71.7 Å². The summed E-state index contributed by atoms with van der Waals surface area (Å²) in [5.74, 6) is 0. The van der Waals surface area contributed by atoms with Crippen molar-refractivity contribution in [2.24, 2.45) is 0 Å². The Labute approximate surface area is 98.8 Å². The molecular formula is C15H11NO. The van der Waals surface area contributed by atoms with Crippen LogP contribution in [0.1, 0.15) is 0 Å². The summed E-state index contributed by atoms with van der Waals surface area (Å²) in [4.78, 5) is 11.8. The molecule has 2 nitrogen and oxygen atoms in total. The number of hydrogen-bond donors (Lipinski definition) is 0. The van der Waals surface area contributed by atoms with Crippen LogP contribution in [0.5, 0.6) is 0 Å². The van der Waals surface area contributed by atoms with Crippen LogP contribution in [-0.2, 0) is 0 Å². The molecule has 3 rings (SSSR count). The molecule has 1 heterocycles. The molecule has 2 heteroatoms. The van der Waals surface area contributed by atoms with Crippen molar-refractivity contribution in [1.82, 2.24) is 4.57 Å². The maximum atomic E-state index is 11.8. The third-order valence-electron chi connectivity index (χ3n) is 2.85. The van der Waals surface area contributed by atoms with E-state index in [9.17, 15) is 4.79 Å². The molecule has 0 radical (unpaired) electrons. The average Bonchev–Trinajstić information content (AvgIpc) is 2.39. The molecule has 2 aromatic carbocycles. The number of aromatic nitrogens is 1. The van der Waals surface area contributed by atoms with Gasteiger partial charge in [-0.2, -0.15) is 0 Å². The molecule has 17 heavy (non-hydrogen) atoms. The van der Waals surface area contributed by atoms with Gasteiger partial charge >= 0.3 is 0 Å². The van der Waals surface area contributed by atoms with Gasteiger partial charge in [-0.3, -0.25) is 9.36 Å². The predicted molar refractivity (Wildman–Crippen MR) is 69.5 cm³/mol. The van der Waals surface area contributed by atoms with Crippen molar-refractivity contribution in [3.63, 3.8) is 0 Å². The van der Waals surface area contributed by atoms with E-state index in [4.69, 9.17) is 0 Å². The molecule has 0 N–H and O–H groups in total. The number of rotatable bonds is 1. The monoisotopic (exact) mass is 221 g/mol. The summed E-state index contributed by atoms with van der Waals surface area (Å²) in [5, 5.41) is 2.23. The molecule has 0 unspecified atom stereocenters. The first kappa shape index (κ1) is 9.85. The van der Waals surface area contributed by atoms with Crippen LogP contribution in [0.3, 0.4) is 0 Å². The Balaban J connectivity index is 2.39. The van der Waals surface area contributed by atoms with E-state index < -0.39 is 0 Å². The normalized spacial score (nSPS) is 10.6. The molecule has 0 aliphatic heterocycles. The first-order valence-corrected chi connectivity index (χ1v) is 5.52. The lowest BCUT2D eigenvalue weighted by molar-refractivity contribution is 1.00. The van der Waals surface area contributed by atoms with E-state index in [1.165, 1.54) is 0 Å². The summed E-state index contributed by atoms with van der Waals surface area (Å²) >= 11 is 0. The highest BCUT2D eigenvalue weighted by molar-refractivity contribution is 5.90.